The average molecular weight is 290 g/mol. The summed E-state index contributed by atoms with van der Waals surface area (Å²) in [6.45, 7) is 4.38. The molecule has 2 N–H and O–H groups in total. The maximum atomic E-state index is 12.2. The third kappa shape index (κ3) is 2.62. The van der Waals surface area contributed by atoms with Gasteiger partial charge in [0.2, 0.25) is 5.91 Å². The summed E-state index contributed by atoms with van der Waals surface area (Å²) in [6.07, 6.45) is 11.0. The fraction of sp³-hybridized carbons (Fsp3) is 0.944. The summed E-state index contributed by atoms with van der Waals surface area (Å²) >= 11 is 0. The van der Waals surface area contributed by atoms with Gasteiger partial charge in [0.05, 0.1) is 6.04 Å². The Bertz CT molecular complexity index is 394. The van der Waals surface area contributed by atoms with E-state index in [-0.39, 0.29) is 11.9 Å². The molecule has 5 aliphatic rings. The molecule has 4 bridgehead atoms. The van der Waals surface area contributed by atoms with Crippen LogP contribution in [0.4, 0.5) is 0 Å². The van der Waals surface area contributed by atoms with Crippen LogP contribution in [-0.2, 0) is 4.79 Å². The minimum Gasteiger partial charge on any atom is -0.352 e. The van der Waals surface area contributed by atoms with Crippen molar-refractivity contribution in [3.8, 4) is 0 Å². The molecule has 0 heterocycles. The Morgan fingerprint density at radius 2 is 1.52 bits per heavy atom. The van der Waals surface area contributed by atoms with Crippen LogP contribution in [-0.4, -0.2) is 24.0 Å². The van der Waals surface area contributed by atoms with Crippen molar-refractivity contribution in [3.05, 3.63) is 0 Å². The van der Waals surface area contributed by atoms with Crippen LogP contribution in [0.15, 0.2) is 0 Å². The van der Waals surface area contributed by atoms with Gasteiger partial charge < -0.3 is 10.6 Å². The molecule has 5 fully saturated rings. The maximum absolute atomic E-state index is 12.2. The van der Waals surface area contributed by atoms with Crippen LogP contribution in [0.1, 0.15) is 65.2 Å². The first-order chi connectivity index (χ1) is 10.0. The van der Waals surface area contributed by atoms with E-state index in [4.69, 9.17) is 0 Å². The van der Waals surface area contributed by atoms with Crippen LogP contribution in [0, 0.1) is 23.2 Å². The second kappa shape index (κ2) is 4.97. The predicted octanol–water partition coefficient (Wildman–Crippen LogP) is 2.85. The zero-order valence-corrected chi connectivity index (χ0v) is 13.5. The Labute approximate surface area is 128 Å². The van der Waals surface area contributed by atoms with Crippen molar-refractivity contribution in [1.29, 1.82) is 0 Å². The van der Waals surface area contributed by atoms with Crippen LogP contribution in [0.25, 0.3) is 0 Å². The fourth-order valence-corrected chi connectivity index (χ4v) is 5.89. The molecule has 3 heteroatoms. The fourth-order valence-electron chi connectivity index (χ4n) is 5.89. The number of nitrogens with one attached hydrogen (secondary N) is 2. The van der Waals surface area contributed by atoms with Crippen molar-refractivity contribution in [2.24, 2.45) is 23.2 Å². The first kappa shape index (κ1) is 14.0. The SMILES string of the molecule is C[C@H](N[C@H](C)C12CC3CC(CC(C3)C1)C2)C(=O)NC1CC1. The summed E-state index contributed by atoms with van der Waals surface area (Å²) in [5.41, 5.74) is 0.489. The number of amides is 1. The van der Waals surface area contributed by atoms with Crippen molar-refractivity contribution in [2.75, 3.05) is 0 Å². The van der Waals surface area contributed by atoms with Gasteiger partial charge in [-0.2, -0.15) is 0 Å². The van der Waals surface area contributed by atoms with Crippen molar-refractivity contribution >= 4 is 5.91 Å². The highest BCUT2D eigenvalue weighted by Gasteiger charge is 2.53. The number of hydrogen-bond acceptors (Lipinski definition) is 2. The molecule has 2 atom stereocenters. The third-order valence-electron chi connectivity index (χ3n) is 6.82. The molecule has 0 aromatic heterocycles. The van der Waals surface area contributed by atoms with Gasteiger partial charge in [0.15, 0.2) is 0 Å². The zero-order valence-electron chi connectivity index (χ0n) is 13.5. The van der Waals surface area contributed by atoms with Gasteiger partial charge in [0.1, 0.15) is 0 Å². The molecule has 0 unspecified atom stereocenters. The summed E-state index contributed by atoms with van der Waals surface area (Å²) in [5.74, 6) is 3.15. The van der Waals surface area contributed by atoms with Gasteiger partial charge in [-0.25, -0.2) is 0 Å². The van der Waals surface area contributed by atoms with Crippen molar-refractivity contribution in [1.82, 2.24) is 10.6 Å². The van der Waals surface area contributed by atoms with E-state index in [2.05, 4.69) is 17.6 Å². The topological polar surface area (TPSA) is 41.1 Å². The van der Waals surface area contributed by atoms with Crippen LogP contribution in [0.5, 0.6) is 0 Å². The van der Waals surface area contributed by atoms with Crippen LogP contribution in [0.3, 0.4) is 0 Å². The highest BCUT2D eigenvalue weighted by molar-refractivity contribution is 5.81. The number of carbonyl (C=O) groups excluding carboxylic acids is 1. The van der Waals surface area contributed by atoms with E-state index >= 15 is 0 Å². The van der Waals surface area contributed by atoms with Crippen molar-refractivity contribution < 1.29 is 4.79 Å². The monoisotopic (exact) mass is 290 g/mol. The molecule has 21 heavy (non-hydrogen) atoms. The Hall–Kier alpha value is -0.570. The summed E-state index contributed by atoms with van der Waals surface area (Å²) in [6, 6.07) is 0.899. The molecule has 3 nitrogen and oxygen atoms in total. The molecule has 1 amide bonds. The van der Waals surface area contributed by atoms with E-state index in [1.165, 1.54) is 51.4 Å². The van der Waals surface area contributed by atoms with Crippen LogP contribution in [0.2, 0.25) is 0 Å². The van der Waals surface area contributed by atoms with Crippen LogP contribution >= 0.6 is 0 Å². The molecule has 0 aliphatic heterocycles. The summed E-state index contributed by atoms with van der Waals surface area (Å²) in [7, 11) is 0. The third-order valence-corrected chi connectivity index (χ3v) is 6.82. The second-order valence-corrected chi connectivity index (χ2v) is 8.67. The Morgan fingerprint density at radius 3 is 2.00 bits per heavy atom. The van der Waals surface area contributed by atoms with Gasteiger partial charge in [-0.05, 0) is 88.4 Å². The lowest BCUT2D eigenvalue weighted by molar-refractivity contribution is -0.124. The maximum Gasteiger partial charge on any atom is 0.237 e. The van der Waals surface area contributed by atoms with Crippen molar-refractivity contribution in [3.63, 3.8) is 0 Å². The van der Waals surface area contributed by atoms with E-state index in [1.807, 2.05) is 6.92 Å². The molecule has 118 valence electrons. The number of rotatable bonds is 5. The van der Waals surface area contributed by atoms with E-state index in [1.54, 1.807) is 0 Å². The van der Waals surface area contributed by atoms with Gasteiger partial charge in [0.25, 0.3) is 0 Å². The lowest BCUT2D eigenvalue weighted by Gasteiger charge is -2.59. The molecule has 0 aromatic carbocycles. The Morgan fingerprint density at radius 1 is 1.00 bits per heavy atom. The minimum absolute atomic E-state index is 0.0476. The molecular weight excluding hydrogens is 260 g/mol. The van der Waals surface area contributed by atoms with E-state index in [9.17, 15) is 4.79 Å². The predicted molar refractivity (Wildman–Crippen MR) is 83.8 cm³/mol. The van der Waals surface area contributed by atoms with E-state index in [0.717, 1.165) is 17.8 Å². The number of carbonyl (C=O) groups is 1. The molecule has 0 spiro atoms. The molecule has 5 saturated carbocycles. The number of hydrogen-bond donors (Lipinski definition) is 2. The summed E-state index contributed by atoms with van der Waals surface area (Å²) < 4.78 is 0. The Balaban J connectivity index is 1.39. The molecule has 0 aromatic rings. The average Bonchev–Trinajstić information content (AvgIpc) is 3.20. The second-order valence-electron chi connectivity index (χ2n) is 8.67. The smallest absolute Gasteiger partial charge is 0.237 e. The van der Waals surface area contributed by atoms with E-state index in [0.29, 0.717) is 17.5 Å². The standard InChI is InChI=1S/C18H30N2O/c1-11(17(21)20-16-3-4-16)19-12(2)18-8-13-5-14(9-18)7-15(6-13)10-18/h11-16,19H,3-10H2,1-2H3,(H,20,21)/t11-,12+,13?,14?,15?,18?/m0/s1. The Kier molecular flexibility index (Phi) is 3.33. The largest absolute Gasteiger partial charge is 0.352 e. The zero-order chi connectivity index (χ0) is 14.6. The van der Waals surface area contributed by atoms with Gasteiger partial charge in [0, 0.05) is 12.1 Å². The normalized spacial score (nSPS) is 43.6. The first-order valence-electron chi connectivity index (χ1n) is 9.10. The lowest BCUT2D eigenvalue weighted by Crippen LogP contribution is -2.58. The quantitative estimate of drug-likeness (QED) is 0.817. The van der Waals surface area contributed by atoms with Gasteiger partial charge >= 0.3 is 0 Å². The van der Waals surface area contributed by atoms with Gasteiger partial charge in [-0.3, -0.25) is 4.79 Å². The van der Waals surface area contributed by atoms with Crippen molar-refractivity contribution in [2.45, 2.75) is 83.3 Å². The van der Waals surface area contributed by atoms with Gasteiger partial charge in [-0.1, -0.05) is 0 Å². The lowest BCUT2D eigenvalue weighted by atomic mass is 9.48. The summed E-state index contributed by atoms with van der Waals surface area (Å²) in [5, 5.41) is 6.79. The highest BCUT2D eigenvalue weighted by atomic mass is 16.2. The summed E-state index contributed by atoms with van der Waals surface area (Å²) in [4.78, 5) is 12.2. The molecular formula is C18H30N2O. The molecule has 5 rings (SSSR count). The minimum atomic E-state index is -0.0476. The van der Waals surface area contributed by atoms with Gasteiger partial charge in [-0.15, -0.1) is 0 Å². The first-order valence-corrected chi connectivity index (χ1v) is 9.10. The molecule has 0 saturated heterocycles. The molecule has 0 radical (unpaired) electrons. The molecule has 5 aliphatic carbocycles. The van der Waals surface area contributed by atoms with E-state index < -0.39 is 0 Å². The van der Waals surface area contributed by atoms with Crippen LogP contribution < -0.4 is 10.6 Å². The highest BCUT2D eigenvalue weighted by Crippen LogP contribution is 2.61.